The highest BCUT2D eigenvalue weighted by molar-refractivity contribution is 5.86. The molecular weight excluding hydrogens is 451 g/mol. The minimum Gasteiger partial charge on any atom is -0.460 e. The van der Waals surface area contributed by atoms with Crippen molar-refractivity contribution in [1.29, 1.82) is 0 Å². The first-order valence-corrected chi connectivity index (χ1v) is 11.3. The van der Waals surface area contributed by atoms with Crippen molar-refractivity contribution in [2.45, 2.75) is 45.2 Å². The summed E-state index contributed by atoms with van der Waals surface area (Å²) in [5, 5.41) is 26.3. The lowest BCUT2D eigenvalue weighted by Gasteiger charge is -2.18. The summed E-state index contributed by atoms with van der Waals surface area (Å²) in [5.41, 5.74) is 4.55. The number of alkyl halides is 1. The van der Waals surface area contributed by atoms with Crippen LogP contribution in [0.25, 0.3) is 22.4 Å². The van der Waals surface area contributed by atoms with Gasteiger partial charge in [-0.1, -0.05) is 12.1 Å². The third kappa shape index (κ3) is 3.83. The van der Waals surface area contributed by atoms with E-state index in [-0.39, 0.29) is 6.42 Å². The summed E-state index contributed by atoms with van der Waals surface area (Å²) in [6, 6.07) is 9.43. The summed E-state index contributed by atoms with van der Waals surface area (Å²) >= 11 is 0. The predicted molar refractivity (Wildman–Crippen MR) is 126 cm³/mol. The van der Waals surface area contributed by atoms with Gasteiger partial charge in [0.25, 0.3) is 0 Å². The summed E-state index contributed by atoms with van der Waals surface area (Å²) in [6.45, 7) is 3.95. The summed E-state index contributed by atoms with van der Waals surface area (Å²) in [6.07, 6.45) is 4.15. The topological polar surface area (TPSA) is 115 Å². The highest BCUT2D eigenvalue weighted by atomic mass is 19.1. The molecule has 5 aromatic rings. The zero-order chi connectivity index (χ0) is 24.2. The molecule has 1 aromatic carbocycles. The second kappa shape index (κ2) is 7.98. The second-order valence-corrected chi connectivity index (χ2v) is 9.22. The van der Waals surface area contributed by atoms with Crippen LogP contribution in [0.15, 0.2) is 49.2 Å². The number of ether oxygens (including phenoxy) is 1. The van der Waals surface area contributed by atoms with Crippen molar-refractivity contribution < 1.29 is 14.2 Å². The molecule has 4 aromatic heterocycles. The molecule has 1 aliphatic rings. The highest BCUT2D eigenvalue weighted by Crippen LogP contribution is 2.33. The molecular formula is C24H23FN8O2. The van der Waals surface area contributed by atoms with Crippen LogP contribution in [0.5, 0.6) is 5.75 Å². The van der Waals surface area contributed by atoms with Gasteiger partial charge in [-0.15, -0.1) is 10.2 Å². The van der Waals surface area contributed by atoms with E-state index in [0.29, 0.717) is 36.0 Å². The lowest BCUT2D eigenvalue weighted by molar-refractivity contribution is 0.0793. The van der Waals surface area contributed by atoms with E-state index in [1.807, 2.05) is 24.3 Å². The first kappa shape index (κ1) is 21.4. The highest BCUT2D eigenvalue weighted by Gasteiger charge is 2.25. The van der Waals surface area contributed by atoms with Crippen LogP contribution in [0.4, 0.5) is 10.3 Å². The quantitative estimate of drug-likeness (QED) is 0.386. The minimum absolute atomic E-state index is 0.236. The maximum atomic E-state index is 13.7. The van der Waals surface area contributed by atoms with E-state index in [1.54, 1.807) is 41.4 Å². The lowest BCUT2D eigenvalue weighted by Crippen LogP contribution is -2.23. The Morgan fingerprint density at radius 3 is 2.91 bits per heavy atom. The molecule has 5 heterocycles. The van der Waals surface area contributed by atoms with E-state index in [9.17, 15) is 9.50 Å². The zero-order valence-electron chi connectivity index (χ0n) is 19.2. The van der Waals surface area contributed by atoms with Crippen LogP contribution in [0.2, 0.25) is 0 Å². The number of rotatable bonds is 6. The van der Waals surface area contributed by atoms with Crippen LogP contribution in [0.3, 0.4) is 0 Å². The number of nitrogens with one attached hydrogen (secondary N) is 1. The number of nitrogens with zero attached hydrogens (tertiary/aromatic N) is 7. The number of halogens is 1. The molecule has 6 rings (SSSR count). The van der Waals surface area contributed by atoms with Crippen LogP contribution in [-0.4, -0.2) is 51.2 Å². The Bertz CT molecular complexity index is 1550. The average Bonchev–Trinajstić information content (AvgIpc) is 3.56. The Kier molecular flexibility index (Phi) is 4.88. The molecule has 10 nitrogen and oxygen atoms in total. The van der Waals surface area contributed by atoms with Crippen LogP contribution in [-0.2, 0) is 19.4 Å². The molecule has 2 N–H and O–H groups in total. The Labute approximate surface area is 199 Å². The van der Waals surface area contributed by atoms with Crippen LogP contribution < -0.4 is 10.1 Å². The maximum Gasteiger partial charge on any atom is 0.242 e. The fourth-order valence-corrected chi connectivity index (χ4v) is 4.52. The largest absolute Gasteiger partial charge is 0.460 e. The molecule has 0 saturated heterocycles. The van der Waals surface area contributed by atoms with E-state index < -0.39 is 12.0 Å². The van der Waals surface area contributed by atoms with Crippen molar-refractivity contribution in [3.63, 3.8) is 0 Å². The average molecular weight is 475 g/mol. The summed E-state index contributed by atoms with van der Waals surface area (Å²) < 4.78 is 22.4. The molecule has 0 aliphatic carbocycles. The van der Waals surface area contributed by atoms with E-state index in [1.165, 1.54) is 6.33 Å². The molecule has 0 amide bonds. The number of pyridine rings is 1. The Balaban J connectivity index is 1.35. The van der Waals surface area contributed by atoms with E-state index in [4.69, 9.17) is 4.74 Å². The van der Waals surface area contributed by atoms with Crippen LogP contribution >= 0.6 is 0 Å². The first-order chi connectivity index (χ1) is 16.9. The number of aliphatic hydroxyl groups is 1. The first-order valence-electron chi connectivity index (χ1n) is 11.3. The smallest absolute Gasteiger partial charge is 0.242 e. The molecule has 1 atom stereocenters. The molecule has 0 saturated carbocycles. The van der Waals surface area contributed by atoms with Gasteiger partial charge >= 0.3 is 0 Å². The van der Waals surface area contributed by atoms with E-state index >= 15 is 0 Å². The summed E-state index contributed by atoms with van der Waals surface area (Å²) in [5.74, 6) is 1.14. The van der Waals surface area contributed by atoms with Gasteiger partial charge in [0, 0.05) is 48.0 Å². The van der Waals surface area contributed by atoms with Gasteiger partial charge in [-0.25, -0.2) is 18.9 Å². The van der Waals surface area contributed by atoms with Gasteiger partial charge < -0.3 is 15.2 Å². The fourth-order valence-electron chi connectivity index (χ4n) is 4.52. The van der Waals surface area contributed by atoms with Gasteiger partial charge in [-0.3, -0.25) is 4.40 Å². The Morgan fingerprint density at radius 1 is 1.17 bits per heavy atom. The maximum absolute atomic E-state index is 13.7. The predicted octanol–water partition coefficient (Wildman–Crippen LogP) is 2.99. The van der Waals surface area contributed by atoms with E-state index in [2.05, 4.69) is 30.6 Å². The lowest BCUT2D eigenvalue weighted by atomic mass is 10.0. The van der Waals surface area contributed by atoms with Crippen molar-refractivity contribution in [1.82, 2.24) is 34.2 Å². The van der Waals surface area contributed by atoms with Crippen molar-refractivity contribution in [2.24, 2.45) is 0 Å². The second-order valence-electron chi connectivity index (χ2n) is 9.22. The van der Waals surface area contributed by atoms with Gasteiger partial charge in [0.05, 0.1) is 5.60 Å². The number of hydrogen-bond acceptors (Lipinski definition) is 8. The normalized spacial score (nSPS) is 15.5. The van der Waals surface area contributed by atoms with Crippen molar-refractivity contribution >= 4 is 17.2 Å². The molecule has 35 heavy (non-hydrogen) atoms. The molecule has 0 bridgehead atoms. The third-order valence-electron chi connectivity index (χ3n) is 6.03. The number of benzene rings is 1. The number of hydrogen-bond donors (Lipinski definition) is 2. The fraction of sp³-hybridized carbons (Fsp3) is 0.292. The SMILES string of the molecule is CC(C)(O)Cc1ccc(-c2cnc(NCc3cccc4c3CC(F)O4)n3cnnc23)c2ncnn12. The van der Waals surface area contributed by atoms with Gasteiger partial charge in [0.15, 0.2) is 11.3 Å². The monoisotopic (exact) mass is 474 g/mol. The minimum atomic E-state index is -1.31. The molecule has 11 heteroatoms. The van der Waals surface area contributed by atoms with Crippen molar-refractivity contribution in [2.75, 3.05) is 5.32 Å². The Hall–Kier alpha value is -4.12. The summed E-state index contributed by atoms with van der Waals surface area (Å²) in [4.78, 5) is 9.06. The summed E-state index contributed by atoms with van der Waals surface area (Å²) in [7, 11) is 0. The van der Waals surface area contributed by atoms with Crippen molar-refractivity contribution in [3.8, 4) is 16.9 Å². The van der Waals surface area contributed by atoms with Crippen molar-refractivity contribution in [3.05, 3.63) is 66.0 Å². The molecule has 0 fully saturated rings. The zero-order valence-corrected chi connectivity index (χ0v) is 19.2. The number of aromatic nitrogens is 7. The van der Waals surface area contributed by atoms with E-state index in [0.717, 1.165) is 27.9 Å². The third-order valence-corrected chi connectivity index (χ3v) is 6.03. The molecule has 0 radical (unpaired) electrons. The van der Waals surface area contributed by atoms with Gasteiger partial charge in [-0.05, 0) is 37.6 Å². The molecule has 1 aliphatic heterocycles. The van der Waals surface area contributed by atoms with Gasteiger partial charge in [0.1, 0.15) is 18.4 Å². The van der Waals surface area contributed by atoms with Crippen LogP contribution in [0, 0.1) is 0 Å². The van der Waals surface area contributed by atoms with Gasteiger partial charge in [-0.2, -0.15) is 5.10 Å². The molecule has 0 spiro atoms. The molecule has 1 unspecified atom stereocenters. The number of fused-ring (bicyclic) bond motifs is 3. The Morgan fingerprint density at radius 2 is 2.06 bits per heavy atom. The molecule has 178 valence electrons. The standard InChI is InChI=1S/C24H23FN8O2/c1-24(2,34)9-15-6-7-16(21-28-12-30-33(15)21)18-11-27-23(32-13-29-31-22(18)32)26-10-14-4-3-5-19-17(14)8-20(25)35-19/h3-7,11-13,20,34H,8-10H2,1-2H3,(H,26,27). The van der Waals surface area contributed by atoms with Gasteiger partial charge in [0.2, 0.25) is 12.3 Å². The van der Waals surface area contributed by atoms with Crippen LogP contribution in [0.1, 0.15) is 30.7 Å². The number of anilines is 1.